The van der Waals surface area contributed by atoms with E-state index in [0.717, 1.165) is 0 Å². The van der Waals surface area contributed by atoms with E-state index in [1.54, 1.807) is 25.1 Å². The Labute approximate surface area is 131 Å². The molecule has 21 heavy (non-hydrogen) atoms. The fourth-order valence-electron chi connectivity index (χ4n) is 1.70. The number of ether oxygens (including phenoxy) is 1. The molecule has 0 aliphatic carbocycles. The van der Waals surface area contributed by atoms with Crippen molar-refractivity contribution < 1.29 is 9.66 Å². The Morgan fingerprint density at radius 2 is 2.00 bits per heavy atom. The first-order valence-electron chi connectivity index (χ1n) is 6.10. The normalized spacial score (nSPS) is 10.2. The second-order valence-electron chi connectivity index (χ2n) is 4.06. The summed E-state index contributed by atoms with van der Waals surface area (Å²) < 4.78 is 5.61. The number of nitrogens with zero attached hydrogens (tertiary/aromatic N) is 2. The highest BCUT2D eigenvalue weighted by molar-refractivity contribution is 6.35. The number of hydrogen-bond donors (Lipinski definition) is 0. The zero-order valence-corrected chi connectivity index (χ0v) is 12.6. The van der Waals surface area contributed by atoms with Crippen LogP contribution in [0.2, 0.25) is 10.0 Å². The molecule has 0 unspecified atom stereocenters. The van der Waals surface area contributed by atoms with Gasteiger partial charge in [0.15, 0.2) is 0 Å². The summed E-state index contributed by atoms with van der Waals surface area (Å²) >= 11 is 11.8. The van der Waals surface area contributed by atoms with Gasteiger partial charge in [0.25, 0.3) is 5.69 Å². The standard InChI is InChI=1S/C14H11Cl2N2O3/c1-2-17-12-8-10(4-5-13(12)18(19)20)21-14-6-3-9(15)7-11(14)16/h3-8H,2H2,1H3. The molecule has 0 heterocycles. The summed E-state index contributed by atoms with van der Waals surface area (Å²) in [5.74, 6) is 0.828. The summed E-state index contributed by atoms with van der Waals surface area (Å²) in [6.45, 7) is 2.24. The first kappa shape index (κ1) is 15.4. The van der Waals surface area contributed by atoms with Gasteiger partial charge in [0.05, 0.1) is 9.95 Å². The first-order chi connectivity index (χ1) is 10.0. The van der Waals surface area contributed by atoms with Crippen molar-refractivity contribution >= 4 is 34.6 Å². The molecule has 2 rings (SSSR count). The van der Waals surface area contributed by atoms with Gasteiger partial charge in [-0.15, -0.1) is 0 Å². The van der Waals surface area contributed by atoms with Gasteiger partial charge in [-0.25, -0.2) is 0 Å². The lowest BCUT2D eigenvalue weighted by atomic mass is 10.2. The van der Waals surface area contributed by atoms with E-state index in [1.165, 1.54) is 18.2 Å². The van der Waals surface area contributed by atoms with Crippen molar-refractivity contribution in [3.05, 3.63) is 56.6 Å². The van der Waals surface area contributed by atoms with Gasteiger partial charge in [-0.2, -0.15) is 0 Å². The molecule has 0 spiro atoms. The fraction of sp³-hybridized carbons (Fsp3) is 0.143. The number of halogens is 2. The molecule has 0 saturated carbocycles. The number of nitro benzene ring substituents is 1. The third-order valence-corrected chi connectivity index (χ3v) is 3.12. The highest BCUT2D eigenvalue weighted by Gasteiger charge is 2.15. The van der Waals surface area contributed by atoms with Crippen LogP contribution in [-0.4, -0.2) is 11.5 Å². The van der Waals surface area contributed by atoms with Crippen molar-refractivity contribution in [3.63, 3.8) is 0 Å². The second-order valence-corrected chi connectivity index (χ2v) is 4.90. The Morgan fingerprint density at radius 1 is 1.24 bits per heavy atom. The van der Waals surface area contributed by atoms with Crippen LogP contribution in [0.1, 0.15) is 6.92 Å². The molecule has 7 heteroatoms. The van der Waals surface area contributed by atoms with Crippen molar-refractivity contribution in [2.24, 2.45) is 0 Å². The lowest BCUT2D eigenvalue weighted by molar-refractivity contribution is -0.384. The van der Waals surface area contributed by atoms with E-state index in [0.29, 0.717) is 28.1 Å². The summed E-state index contributed by atoms with van der Waals surface area (Å²) in [4.78, 5) is 10.4. The average molecular weight is 326 g/mol. The average Bonchev–Trinajstić information content (AvgIpc) is 2.42. The van der Waals surface area contributed by atoms with E-state index >= 15 is 0 Å². The summed E-state index contributed by atoms with van der Waals surface area (Å²) in [7, 11) is 0. The van der Waals surface area contributed by atoms with Crippen molar-refractivity contribution in [1.29, 1.82) is 0 Å². The Hall–Kier alpha value is -1.98. The largest absolute Gasteiger partial charge is 0.456 e. The summed E-state index contributed by atoms with van der Waals surface area (Å²) in [5.41, 5.74) is 0.205. The molecule has 0 amide bonds. The summed E-state index contributed by atoms with van der Waals surface area (Å²) in [5, 5.41) is 15.9. The molecule has 0 aliphatic rings. The molecular formula is C14H11Cl2N2O3. The molecule has 0 fully saturated rings. The van der Waals surface area contributed by atoms with E-state index in [9.17, 15) is 10.1 Å². The molecule has 0 saturated heterocycles. The van der Waals surface area contributed by atoms with Gasteiger partial charge in [-0.3, -0.25) is 15.4 Å². The van der Waals surface area contributed by atoms with Gasteiger partial charge >= 0.3 is 0 Å². The van der Waals surface area contributed by atoms with Crippen LogP contribution in [0.25, 0.3) is 0 Å². The van der Waals surface area contributed by atoms with Crippen LogP contribution >= 0.6 is 23.2 Å². The molecule has 0 aliphatic heterocycles. The van der Waals surface area contributed by atoms with Crippen LogP contribution < -0.4 is 10.1 Å². The maximum atomic E-state index is 10.9. The van der Waals surface area contributed by atoms with Crippen LogP contribution in [0.4, 0.5) is 11.4 Å². The molecule has 109 valence electrons. The van der Waals surface area contributed by atoms with Crippen LogP contribution in [0.15, 0.2) is 36.4 Å². The van der Waals surface area contributed by atoms with Crippen molar-refractivity contribution in [2.45, 2.75) is 6.92 Å². The van der Waals surface area contributed by atoms with Crippen LogP contribution in [0.5, 0.6) is 11.5 Å². The predicted molar refractivity (Wildman–Crippen MR) is 82.0 cm³/mol. The number of nitro groups is 1. The Morgan fingerprint density at radius 3 is 2.62 bits per heavy atom. The minimum Gasteiger partial charge on any atom is -0.456 e. The van der Waals surface area contributed by atoms with E-state index in [1.807, 2.05) is 0 Å². The predicted octanol–water partition coefficient (Wildman–Crippen LogP) is 4.95. The first-order valence-corrected chi connectivity index (χ1v) is 6.85. The highest BCUT2D eigenvalue weighted by atomic mass is 35.5. The SMILES string of the molecule is CC[N]c1cc(Oc2ccc(Cl)cc2Cl)ccc1[N+](=O)[O-]. The lowest BCUT2D eigenvalue weighted by Crippen LogP contribution is -2.00. The number of hydrogen-bond acceptors (Lipinski definition) is 3. The molecule has 0 aromatic heterocycles. The fourth-order valence-corrected chi connectivity index (χ4v) is 2.15. The molecule has 0 atom stereocenters. The summed E-state index contributed by atoms with van der Waals surface area (Å²) in [6, 6.07) is 9.19. The third kappa shape index (κ3) is 3.77. The van der Waals surface area contributed by atoms with Gasteiger partial charge < -0.3 is 4.74 Å². The van der Waals surface area contributed by atoms with Gasteiger partial charge in [-0.1, -0.05) is 23.2 Å². The molecule has 0 bridgehead atoms. The maximum absolute atomic E-state index is 10.9. The zero-order valence-electron chi connectivity index (χ0n) is 11.0. The highest BCUT2D eigenvalue weighted by Crippen LogP contribution is 2.35. The maximum Gasteiger partial charge on any atom is 0.294 e. The molecule has 1 radical (unpaired) electrons. The Bertz CT molecular complexity index is 677. The topological polar surface area (TPSA) is 66.5 Å². The van der Waals surface area contributed by atoms with Crippen molar-refractivity contribution in [3.8, 4) is 11.5 Å². The minimum absolute atomic E-state index is 0.0635. The number of benzene rings is 2. The van der Waals surface area contributed by atoms with Gasteiger partial charge in [0, 0.05) is 23.7 Å². The van der Waals surface area contributed by atoms with Crippen LogP contribution in [-0.2, 0) is 0 Å². The zero-order chi connectivity index (χ0) is 15.4. The summed E-state index contributed by atoms with van der Waals surface area (Å²) in [6.07, 6.45) is 0. The van der Waals surface area contributed by atoms with Crippen molar-refractivity contribution in [2.75, 3.05) is 6.54 Å². The smallest absolute Gasteiger partial charge is 0.294 e. The Balaban J connectivity index is 2.32. The minimum atomic E-state index is -0.479. The molecule has 0 N–H and O–H groups in total. The van der Waals surface area contributed by atoms with E-state index in [2.05, 4.69) is 5.32 Å². The van der Waals surface area contributed by atoms with Gasteiger partial charge in [0.2, 0.25) is 0 Å². The Kier molecular flexibility index (Phi) is 4.88. The quantitative estimate of drug-likeness (QED) is 0.577. The van der Waals surface area contributed by atoms with Crippen LogP contribution in [0, 0.1) is 10.1 Å². The van der Waals surface area contributed by atoms with Crippen LogP contribution in [0.3, 0.4) is 0 Å². The van der Waals surface area contributed by atoms with Gasteiger partial charge in [-0.05, 0) is 31.2 Å². The molecule has 2 aromatic carbocycles. The monoisotopic (exact) mass is 325 g/mol. The van der Waals surface area contributed by atoms with E-state index < -0.39 is 4.92 Å². The van der Waals surface area contributed by atoms with Gasteiger partial charge in [0.1, 0.15) is 17.2 Å². The molecule has 5 nitrogen and oxygen atoms in total. The third-order valence-electron chi connectivity index (χ3n) is 2.59. The van der Waals surface area contributed by atoms with E-state index in [-0.39, 0.29) is 11.4 Å². The molecular weight excluding hydrogens is 315 g/mol. The second kappa shape index (κ2) is 6.65. The van der Waals surface area contributed by atoms with Crippen molar-refractivity contribution in [1.82, 2.24) is 5.32 Å². The lowest BCUT2D eigenvalue weighted by Gasteiger charge is -2.09. The number of rotatable bonds is 5. The molecule has 2 aromatic rings. The van der Waals surface area contributed by atoms with E-state index in [4.69, 9.17) is 27.9 Å².